The maximum Gasteiger partial charge on any atom is 0.407 e. The lowest BCUT2D eigenvalue weighted by molar-refractivity contribution is 0.142. The third-order valence-corrected chi connectivity index (χ3v) is 6.49. The van der Waals surface area contributed by atoms with Crippen molar-refractivity contribution in [2.45, 2.75) is 6.42 Å². The van der Waals surface area contributed by atoms with Gasteiger partial charge in [0.2, 0.25) is 0 Å². The number of anilines is 1. The number of amides is 1. The zero-order valence-electron chi connectivity index (χ0n) is 18.9. The number of aromatic nitrogens is 2. The van der Waals surface area contributed by atoms with Gasteiger partial charge >= 0.3 is 6.09 Å². The number of rotatable bonds is 7. The van der Waals surface area contributed by atoms with Crippen LogP contribution in [0.1, 0.15) is 5.56 Å². The molecule has 184 valence electrons. The molecular weight excluding hydrogens is 515 g/mol. The van der Waals surface area contributed by atoms with E-state index in [9.17, 15) is 9.90 Å². The highest BCUT2D eigenvalue weighted by atomic mass is 35.5. The smallest absolute Gasteiger partial charge is 0.407 e. The average Bonchev–Trinajstić information content (AvgIpc) is 2.85. The maximum atomic E-state index is 11.3. The highest BCUT2D eigenvalue weighted by Crippen LogP contribution is 2.38. The number of hydrogen-bond donors (Lipinski definition) is 1. The van der Waals surface area contributed by atoms with Crippen LogP contribution in [0.2, 0.25) is 15.1 Å². The van der Waals surface area contributed by atoms with E-state index in [1.54, 1.807) is 12.1 Å². The molecule has 35 heavy (non-hydrogen) atoms. The van der Waals surface area contributed by atoms with E-state index in [0.29, 0.717) is 77.2 Å². The van der Waals surface area contributed by atoms with Crippen molar-refractivity contribution < 1.29 is 19.4 Å². The van der Waals surface area contributed by atoms with Gasteiger partial charge in [0.05, 0.1) is 29.5 Å². The fourth-order valence-corrected chi connectivity index (χ4v) is 4.57. The summed E-state index contributed by atoms with van der Waals surface area (Å²) < 4.78 is 11.3. The third-order valence-electron chi connectivity index (χ3n) is 5.67. The van der Waals surface area contributed by atoms with Gasteiger partial charge in [-0.15, -0.1) is 10.2 Å². The summed E-state index contributed by atoms with van der Waals surface area (Å²) in [6.07, 6.45) is -0.267. The number of halogens is 3. The van der Waals surface area contributed by atoms with Gasteiger partial charge in [0, 0.05) is 43.2 Å². The Morgan fingerprint density at radius 3 is 2.26 bits per heavy atom. The molecule has 1 fully saturated rings. The summed E-state index contributed by atoms with van der Waals surface area (Å²) in [7, 11) is 1.50. The molecular formula is C24H23Cl3N4O4. The Morgan fingerprint density at radius 2 is 1.66 bits per heavy atom. The normalized spacial score (nSPS) is 13.6. The van der Waals surface area contributed by atoms with Crippen molar-refractivity contribution in [3.63, 3.8) is 0 Å². The second kappa shape index (κ2) is 11.2. The molecule has 0 spiro atoms. The van der Waals surface area contributed by atoms with Gasteiger partial charge in [-0.1, -0.05) is 46.9 Å². The van der Waals surface area contributed by atoms with E-state index in [0.717, 1.165) is 11.3 Å². The number of carboxylic acid groups (broad SMARTS) is 1. The first kappa shape index (κ1) is 25.2. The maximum absolute atomic E-state index is 11.3. The number of ether oxygens (including phenoxy) is 2. The van der Waals surface area contributed by atoms with Crippen LogP contribution in [0.3, 0.4) is 0 Å². The number of nitrogens with zero attached hydrogens (tertiary/aromatic N) is 4. The molecule has 4 rings (SSSR count). The lowest BCUT2D eigenvalue weighted by atomic mass is 10.1. The largest absolute Gasteiger partial charge is 0.494 e. The van der Waals surface area contributed by atoms with Gasteiger partial charge in [-0.3, -0.25) is 0 Å². The van der Waals surface area contributed by atoms with Crippen LogP contribution in [0.15, 0.2) is 42.5 Å². The summed E-state index contributed by atoms with van der Waals surface area (Å²) in [6.45, 7) is 2.12. The Morgan fingerprint density at radius 1 is 1.00 bits per heavy atom. The molecule has 2 aromatic carbocycles. The van der Waals surface area contributed by atoms with E-state index in [1.165, 1.54) is 12.0 Å². The predicted molar refractivity (Wildman–Crippen MR) is 137 cm³/mol. The number of carbonyl (C=O) groups is 1. The van der Waals surface area contributed by atoms with Crippen molar-refractivity contribution >= 4 is 46.6 Å². The topological polar surface area (TPSA) is 88.0 Å². The summed E-state index contributed by atoms with van der Waals surface area (Å²) in [4.78, 5) is 14.8. The number of hydrogen-bond acceptors (Lipinski definition) is 6. The highest BCUT2D eigenvalue weighted by molar-refractivity contribution is 6.37. The van der Waals surface area contributed by atoms with Gasteiger partial charge < -0.3 is 24.4 Å². The van der Waals surface area contributed by atoms with Crippen molar-refractivity contribution in [3.05, 3.63) is 63.1 Å². The zero-order valence-corrected chi connectivity index (χ0v) is 21.1. The molecule has 3 aromatic rings. The molecule has 1 aliphatic heterocycles. The molecule has 11 heteroatoms. The molecule has 0 atom stereocenters. The minimum atomic E-state index is -0.930. The Kier molecular flexibility index (Phi) is 8.05. The lowest BCUT2D eigenvalue weighted by Crippen LogP contribution is -2.48. The second-order valence-electron chi connectivity index (χ2n) is 7.87. The molecule has 1 aromatic heterocycles. The molecule has 1 N–H and O–H groups in total. The molecule has 0 aliphatic carbocycles. The first-order valence-electron chi connectivity index (χ1n) is 10.9. The zero-order chi connectivity index (χ0) is 24.9. The van der Waals surface area contributed by atoms with Crippen molar-refractivity contribution in [1.29, 1.82) is 0 Å². The van der Waals surface area contributed by atoms with Gasteiger partial charge in [-0.05, 0) is 35.9 Å². The summed E-state index contributed by atoms with van der Waals surface area (Å²) in [5.74, 6) is 0.759. The van der Waals surface area contributed by atoms with Crippen LogP contribution in [0, 0.1) is 0 Å². The Bertz CT molecular complexity index is 1180. The van der Waals surface area contributed by atoms with Crippen LogP contribution in [-0.4, -0.2) is 66.2 Å². The Balaban J connectivity index is 1.60. The fraction of sp³-hybridized carbons (Fsp3) is 0.292. The summed E-state index contributed by atoms with van der Waals surface area (Å²) in [5.41, 5.74) is 3.03. The average molecular weight is 538 g/mol. The van der Waals surface area contributed by atoms with Gasteiger partial charge in [0.1, 0.15) is 5.69 Å². The number of methoxy groups -OCH3 is 1. The Labute approximate surface area is 217 Å². The monoisotopic (exact) mass is 536 g/mol. The minimum Gasteiger partial charge on any atom is -0.494 e. The van der Waals surface area contributed by atoms with Gasteiger partial charge in [0.25, 0.3) is 5.88 Å². The molecule has 2 heterocycles. The Hall–Kier alpha value is -2.94. The summed E-state index contributed by atoms with van der Waals surface area (Å²) in [5, 5.41) is 19.4. The van der Waals surface area contributed by atoms with Crippen molar-refractivity contribution in [2.24, 2.45) is 0 Å². The second-order valence-corrected chi connectivity index (χ2v) is 9.13. The van der Waals surface area contributed by atoms with Crippen LogP contribution in [0.5, 0.6) is 11.6 Å². The summed E-state index contributed by atoms with van der Waals surface area (Å²) >= 11 is 18.6. The SMILES string of the molecule is COc1c(Cl)cc(-c2cc(N3CCN(C(=O)O)CC3)c(OCCc3ccc(Cl)cc3)nn2)cc1Cl. The number of benzene rings is 2. The van der Waals surface area contributed by atoms with E-state index >= 15 is 0 Å². The highest BCUT2D eigenvalue weighted by Gasteiger charge is 2.24. The van der Waals surface area contributed by atoms with E-state index < -0.39 is 6.09 Å². The molecule has 0 saturated carbocycles. The van der Waals surface area contributed by atoms with Crippen molar-refractivity contribution in [1.82, 2.24) is 15.1 Å². The molecule has 1 saturated heterocycles. The van der Waals surface area contributed by atoms with Crippen LogP contribution in [-0.2, 0) is 6.42 Å². The van der Waals surface area contributed by atoms with Crippen LogP contribution in [0.4, 0.5) is 10.5 Å². The fourth-order valence-electron chi connectivity index (χ4n) is 3.80. The minimum absolute atomic E-state index is 0.358. The first-order chi connectivity index (χ1) is 16.9. The van der Waals surface area contributed by atoms with E-state index in [4.69, 9.17) is 44.3 Å². The molecule has 0 radical (unpaired) electrons. The molecule has 0 bridgehead atoms. The number of piperazine rings is 1. The lowest BCUT2D eigenvalue weighted by Gasteiger charge is -2.35. The van der Waals surface area contributed by atoms with E-state index in [1.807, 2.05) is 35.2 Å². The van der Waals surface area contributed by atoms with Gasteiger partial charge in [-0.2, -0.15) is 0 Å². The quantitative estimate of drug-likeness (QED) is 0.424. The van der Waals surface area contributed by atoms with Crippen LogP contribution >= 0.6 is 34.8 Å². The van der Waals surface area contributed by atoms with Crippen molar-refractivity contribution in [2.75, 3.05) is 44.8 Å². The molecule has 8 nitrogen and oxygen atoms in total. The molecule has 1 aliphatic rings. The molecule has 1 amide bonds. The van der Waals surface area contributed by atoms with E-state index in [-0.39, 0.29) is 0 Å². The third kappa shape index (κ3) is 6.01. The van der Waals surface area contributed by atoms with Crippen LogP contribution in [0.25, 0.3) is 11.3 Å². The standard InChI is InChI=1S/C24H23Cl3N4O4/c1-34-22-18(26)12-16(13-19(22)27)20-14-21(30-7-9-31(10-8-30)24(32)33)23(29-28-20)35-11-6-15-2-4-17(25)5-3-15/h2-5,12-14H,6-11H2,1H3,(H,32,33). The van der Waals surface area contributed by atoms with E-state index in [2.05, 4.69) is 10.2 Å². The van der Waals surface area contributed by atoms with Crippen LogP contribution < -0.4 is 14.4 Å². The molecule has 0 unspecified atom stereocenters. The van der Waals surface area contributed by atoms with Gasteiger partial charge in [0.15, 0.2) is 5.75 Å². The first-order valence-corrected chi connectivity index (χ1v) is 12.0. The van der Waals surface area contributed by atoms with Crippen molar-refractivity contribution in [3.8, 4) is 22.9 Å². The van der Waals surface area contributed by atoms with Gasteiger partial charge in [-0.25, -0.2) is 4.79 Å². The predicted octanol–water partition coefficient (Wildman–Crippen LogP) is 5.53. The summed E-state index contributed by atoms with van der Waals surface area (Å²) in [6, 6.07) is 12.9.